The van der Waals surface area contributed by atoms with E-state index in [1.807, 2.05) is 31.7 Å². The van der Waals surface area contributed by atoms with Crippen molar-refractivity contribution < 1.29 is 14.3 Å². The van der Waals surface area contributed by atoms with Crippen molar-refractivity contribution in [3.8, 4) is 0 Å². The van der Waals surface area contributed by atoms with E-state index in [0.717, 1.165) is 50.1 Å². The third-order valence-electron chi connectivity index (χ3n) is 7.23. The number of nitrogens with zero attached hydrogens (tertiary/aromatic N) is 3. The maximum absolute atomic E-state index is 12.7. The van der Waals surface area contributed by atoms with Gasteiger partial charge >= 0.3 is 6.09 Å². The van der Waals surface area contributed by atoms with Crippen molar-refractivity contribution in [2.45, 2.75) is 45.1 Å². The first-order valence-corrected chi connectivity index (χ1v) is 11.6. The number of hydrogen-bond donors (Lipinski definition) is 0. The van der Waals surface area contributed by atoms with Gasteiger partial charge < -0.3 is 14.4 Å². The van der Waals surface area contributed by atoms with Crippen LogP contribution >= 0.6 is 11.6 Å². The number of amides is 1. The molecular formula is C24H30ClN3O4. The van der Waals surface area contributed by atoms with Gasteiger partial charge in [0.1, 0.15) is 5.60 Å². The molecule has 3 aliphatic rings. The monoisotopic (exact) mass is 459 g/mol. The lowest BCUT2D eigenvalue weighted by molar-refractivity contribution is -0.124. The van der Waals surface area contributed by atoms with Crippen LogP contribution in [-0.4, -0.2) is 52.7 Å². The number of hydrogen-bond acceptors (Lipinski definition) is 5. The van der Waals surface area contributed by atoms with Gasteiger partial charge in [-0.1, -0.05) is 17.7 Å². The highest BCUT2D eigenvalue weighted by molar-refractivity contribution is 6.35. The number of halogens is 1. The molecule has 1 saturated carbocycles. The molecule has 8 heteroatoms. The van der Waals surface area contributed by atoms with Crippen LogP contribution in [0.1, 0.15) is 45.1 Å². The number of aryl methyl sites for hydroxylation is 1. The lowest BCUT2D eigenvalue weighted by atomic mass is 9.52. The summed E-state index contributed by atoms with van der Waals surface area (Å²) in [5, 5.41) is 6.13. The Morgan fingerprint density at radius 2 is 1.94 bits per heavy atom. The van der Waals surface area contributed by atoms with Crippen LogP contribution in [0.3, 0.4) is 0 Å². The van der Waals surface area contributed by atoms with Gasteiger partial charge in [-0.3, -0.25) is 4.79 Å². The predicted molar refractivity (Wildman–Crippen MR) is 122 cm³/mol. The fourth-order valence-electron chi connectivity index (χ4n) is 5.75. The van der Waals surface area contributed by atoms with Crippen LogP contribution in [0, 0.1) is 17.3 Å². The lowest BCUT2D eigenvalue weighted by Gasteiger charge is -2.61. The lowest BCUT2D eigenvalue weighted by Crippen LogP contribution is -2.65. The first-order chi connectivity index (χ1) is 15.1. The second-order valence-electron chi connectivity index (χ2n) is 10.8. The molecule has 0 radical (unpaired) electrons. The molecule has 1 aromatic carbocycles. The molecule has 2 aliphatic heterocycles. The number of rotatable bonds is 3. The summed E-state index contributed by atoms with van der Waals surface area (Å²) in [7, 11) is 1.64. The summed E-state index contributed by atoms with van der Waals surface area (Å²) >= 11 is 6.42. The van der Waals surface area contributed by atoms with E-state index in [-0.39, 0.29) is 17.1 Å². The van der Waals surface area contributed by atoms with E-state index in [4.69, 9.17) is 21.1 Å². The summed E-state index contributed by atoms with van der Waals surface area (Å²) < 4.78 is 12.4. The van der Waals surface area contributed by atoms with Crippen LogP contribution in [0.15, 0.2) is 23.1 Å². The number of carbonyl (C=O) groups is 1. The smallest absolute Gasteiger partial charge is 0.410 e. The Kier molecular flexibility index (Phi) is 5.06. The maximum atomic E-state index is 12.7. The van der Waals surface area contributed by atoms with Gasteiger partial charge in [0, 0.05) is 36.9 Å². The molecule has 1 amide bonds. The van der Waals surface area contributed by atoms with Gasteiger partial charge in [0.15, 0.2) is 0 Å². The largest absolute Gasteiger partial charge is 0.444 e. The number of carbonyl (C=O) groups excluding carboxylic acids is 1. The van der Waals surface area contributed by atoms with Gasteiger partial charge in [-0.05, 0) is 57.1 Å². The van der Waals surface area contributed by atoms with Crippen molar-refractivity contribution in [1.82, 2.24) is 14.7 Å². The second-order valence-corrected chi connectivity index (χ2v) is 11.2. The van der Waals surface area contributed by atoms with E-state index in [2.05, 4.69) is 11.2 Å². The van der Waals surface area contributed by atoms with Crippen LogP contribution < -0.4 is 5.56 Å². The summed E-state index contributed by atoms with van der Waals surface area (Å²) in [6.07, 6.45) is 3.68. The molecule has 1 unspecified atom stereocenters. The fourth-order valence-corrected chi connectivity index (χ4v) is 6.00. The van der Waals surface area contributed by atoms with E-state index in [0.29, 0.717) is 28.2 Å². The van der Waals surface area contributed by atoms with Crippen LogP contribution in [0.4, 0.5) is 4.79 Å². The summed E-state index contributed by atoms with van der Waals surface area (Å²) in [5.41, 5.74) is 0.695. The Morgan fingerprint density at radius 1 is 1.25 bits per heavy atom. The molecule has 32 heavy (non-hydrogen) atoms. The van der Waals surface area contributed by atoms with Crippen molar-refractivity contribution in [3.05, 3.63) is 39.3 Å². The quantitative estimate of drug-likeness (QED) is 0.694. The minimum absolute atomic E-state index is 0.171. The number of aromatic nitrogens is 2. The van der Waals surface area contributed by atoms with E-state index < -0.39 is 5.60 Å². The molecular weight excluding hydrogens is 430 g/mol. The van der Waals surface area contributed by atoms with Crippen LogP contribution in [-0.2, 0) is 16.5 Å². The molecule has 1 spiro atoms. The SMILES string of the molecule is Cn1ncc2c(C(C3COC3)C3CC4(C3)CN(C(=O)OC(C)(C)C)C4)ccc(Cl)c2c1=O. The minimum Gasteiger partial charge on any atom is -0.444 e. The molecule has 3 fully saturated rings. The topological polar surface area (TPSA) is 73.7 Å². The average Bonchev–Trinajstić information content (AvgIpc) is 2.58. The zero-order valence-electron chi connectivity index (χ0n) is 19.1. The van der Waals surface area contributed by atoms with Gasteiger partial charge in [0.2, 0.25) is 0 Å². The predicted octanol–water partition coefficient (Wildman–Crippen LogP) is 3.96. The highest BCUT2D eigenvalue weighted by Gasteiger charge is 2.57. The molecule has 3 heterocycles. The molecule has 2 saturated heterocycles. The number of benzene rings is 1. The van der Waals surface area contributed by atoms with E-state index in [1.54, 1.807) is 13.2 Å². The molecule has 7 nitrogen and oxygen atoms in total. The standard InChI is InChI=1S/C24H30ClN3O4/c1-23(2,3)32-22(30)28-12-24(13-28)7-14(8-24)19(15-10-31-11-15)16-5-6-18(25)20-17(16)9-26-27(4)21(20)29/h5-6,9,14-15,19H,7-8,10-13H2,1-4H3. The highest BCUT2D eigenvalue weighted by Crippen LogP contribution is 2.59. The third-order valence-corrected chi connectivity index (χ3v) is 7.54. The fraction of sp³-hybridized carbons (Fsp3) is 0.625. The summed E-state index contributed by atoms with van der Waals surface area (Å²) in [5.74, 6) is 1.20. The Hall–Kier alpha value is -2.12. The number of likely N-dealkylation sites (tertiary alicyclic amines) is 1. The van der Waals surface area contributed by atoms with E-state index in [1.165, 1.54) is 4.68 Å². The molecule has 1 aromatic heterocycles. The van der Waals surface area contributed by atoms with Crippen molar-refractivity contribution >= 4 is 28.5 Å². The van der Waals surface area contributed by atoms with Crippen molar-refractivity contribution in [1.29, 1.82) is 0 Å². The molecule has 5 rings (SSSR count). The maximum Gasteiger partial charge on any atom is 0.410 e. The highest BCUT2D eigenvalue weighted by atomic mass is 35.5. The van der Waals surface area contributed by atoms with Gasteiger partial charge in [0.05, 0.1) is 29.8 Å². The third kappa shape index (κ3) is 3.59. The normalized spacial score (nSPS) is 21.7. The van der Waals surface area contributed by atoms with Crippen LogP contribution in [0.5, 0.6) is 0 Å². The first kappa shape index (κ1) is 21.7. The number of ether oxygens (including phenoxy) is 2. The van der Waals surface area contributed by atoms with Gasteiger partial charge in [0.25, 0.3) is 5.56 Å². The Morgan fingerprint density at radius 3 is 2.53 bits per heavy atom. The van der Waals surface area contributed by atoms with E-state index >= 15 is 0 Å². The minimum atomic E-state index is -0.474. The summed E-state index contributed by atoms with van der Waals surface area (Å²) in [6, 6.07) is 3.91. The molecule has 172 valence electrons. The molecule has 0 bridgehead atoms. The zero-order valence-corrected chi connectivity index (χ0v) is 19.8. The molecule has 2 aromatic rings. The van der Waals surface area contributed by atoms with E-state index in [9.17, 15) is 9.59 Å². The van der Waals surface area contributed by atoms with Crippen LogP contribution in [0.25, 0.3) is 10.8 Å². The molecule has 0 N–H and O–H groups in total. The Labute approximate surface area is 192 Å². The summed E-state index contributed by atoms with van der Waals surface area (Å²) in [4.78, 5) is 26.9. The Balaban J connectivity index is 1.37. The Bertz CT molecular complexity index is 1120. The number of fused-ring (bicyclic) bond motifs is 1. The van der Waals surface area contributed by atoms with Crippen molar-refractivity contribution in [2.75, 3.05) is 26.3 Å². The van der Waals surface area contributed by atoms with Gasteiger partial charge in [-0.25, -0.2) is 9.48 Å². The van der Waals surface area contributed by atoms with Gasteiger partial charge in [-0.2, -0.15) is 5.10 Å². The average molecular weight is 460 g/mol. The molecule has 1 atom stereocenters. The first-order valence-electron chi connectivity index (χ1n) is 11.3. The summed E-state index contributed by atoms with van der Waals surface area (Å²) in [6.45, 7) is 8.67. The van der Waals surface area contributed by atoms with Gasteiger partial charge in [-0.15, -0.1) is 0 Å². The van der Waals surface area contributed by atoms with Crippen molar-refractivity contribution in [2.24, 2.45) is 24.3 Å². The zero-order chi connectivity index (χ0) is 22.8. The second kappa shape index (κ2) is 7.45. The molecule has 1 aliphatic carbocycles. The van der Waals surface area contributed by atoms with Crippen LogP contribution in [0.2, 0.25) is 5.02 Å². The van der Waals surface area contributed by atoms with Crippen molar-refractivity contribution in [3.63, 3.8) is 0 Å².